The summed E-state index contributed by atoms with van der Waals surface area (Å²) in [5, 5.41) is 4.23. The zero-order valence-corrected chi connectivity index (χ0v) is 13.6. The molecule has 0 spiro atoms. The van der Waals surface area contributed by atoms with E-state index in [1.807, 2.05) is 11.8 Å². The molecule has 1 aliphatic carbocycles. The van der Waals surface area contributed by atoms with Crippen molar-refractivity contribution in [2.75, 3.05) is 12.0 Å². The molecular formula is C14H18Cl2N2OS. The van der Waals surface area contributed by atoms with Gasteiger partial charge in [0.05, 0.1) is 15.6 Å². The maximum Gasteiger partial charge on any atom is 0.253 e. The SMILES string of the molecule is CSC1CCCC(NC(=O)c2cc(N)cc(Cl)c2Cl)C1. The summed E-state index contributed by atoms with van der Waals surface area (Å²) in [6, 6.07) is 3.31. The van der Waals surface area contributed by atoms with Gasteiger partial charge in [-0.05, 0) is 37.7 Å². The second-order valence-electron chi connectivity index (χ2n) is 5.06. The fourth-order valence-corrected chi connectivity index (χ4v) is 3.78. The monoisotopic (exact) mass is 332 g/mol. The van der Waals surface area contributed by atoms with Crippen molar-refractivity contribution in [3.63, 3.8) is 0 Å². The number of carbonyl (C=O) groups excluding carboxylic acids is 1. The van der Waals surface area contributed by atoms with Crippen molar-refractivity contribution in [1.29, 1.82) is 0 Å². The predicted octanol–water partition coefficient (Wildman–Crippen LogP) is 3.98. The van der Waals surface area contributed by atoms with Crippen LogP contribution in [0.5, 0.6) is 0 Å². The van der Waals surface area contributed by atoms with Gasteiger partial charge < -0.3 is 11.1 Å². The third kappa shape index (κ3) is 3.74. The Bertz CT molecular complexity index is 510. The number of nitrogen functional groups attached to an aromatic ring is 1. The zero-order valence-electron chi connectivity index (χ0n) is 11.3. The molecule has 0 saturated heterocycles. The second kappa shape index (κ2) is 6.92. The van der Waals surface area contributed by atoms with E-state index in [4.69, 9.17) is 28.9 Å². The molecule has 3 N–H and O–H groups in total. The van der Waals surface area contributed by atoms with Gasteiger partial charge in [0.1, 0.15) is 0 Å². The van der Waals surface area contributed by atoms with Crippen LogP contribution in [0.15, 0.2) is 12.1 Å². The molecule has 2 rings (SSSR count). The van der Waals surface area contributed by atoms with E-state index >= 15 is 0 Å². The van der Waals surface area contributed by atoms with Crippen LogP contribution < -0.4 is 11.1 Å². The molecule has 1 aromatic rings. The molecule has 1 amide bonds. The van der Waals surface area contributed by atoms with Crippen LogP contribution in [0.25, 0.3) is 0 Å². The summed E-state index contributed by atoms with van der Waals surface area (Å²) in [5.74, 6) is -0.198. The molecular weight excluding hydrogens is 315 g/mol. The highest BCUT2D eigenvalue weighted by molar-refractivity contribution is 7.99. The summed E-state index contributed by atoms with van der Waals surface area (Å²) in [7, 11) is 0. The van der Waals surface area contributed by atoms with E-state index in [9.17, 15) is 4.79 Å². The molecule has 1 fully saturated rings. The highest BCUT2D eigenvalue weighted by atomic mass is 35.5. The Balaban J connectivity index is 2.08. The number of carbonyl (C=O) groups is 1. The van der Waals surface area contributed by atoms with Gasteiger partial charge in [0, 0.05) is 17.0 Å². The smallest absolute Gasteiger partial charge is 0.253 e. The number of rotatable bonds is 3. The lowest BCUT2D eigenvalue weighted by Crippen LogP contribution is -2.39. The van der Waals surface area contributed by atoms with E-state index in [-0.39, 0.29) is 17.0 Å². The molecule has 1 aliphatic rings. The number of hydrogen-bond acceptors (Lipinski definition) is 3. The lowest BCUT2D eigenvalue weighted by Gasteiger charge is -2.28. The van der Waals surface area contributed by atoms with Crippen LogP contribution in [-0.4, -0.2) is 23.5 Å². The van der Waals surface area contributed by atoms with Gasteiger partial charge in [-0.25, -0.2) is 0 Å². The minimum atomic E-state index is -0.198. The Hall–Kier alpha value is -0.580. The minimum absolute atomic E-state index is 0.198. The summed E-state index contributed by atoms with van der Waals surface area (Å²) in [5.41, 5.74) is 6.51. The number of nitrogens with one attached hydrogen (secondary N) is 1. The standard InChI is InChI=1S/C14H18Cl2N2OS/c1-20-10-4-2-3-9(7-10)18-14(19)11-5-8(17)6-12(15)13(11)16/h5-6,9-10H,2-4,7,17H2,1H3,(H,18,19). The average molecular weight is 333 g/mol. The number of halogens is 2. The molecule has 6 heteroatoms. The van der Waals surface area contributed by atoms with Gasteiger partial charge >= 0.3 is 0 Å². The molecule has 3 nitrogen and oxygen atoms in total. The molecule has 0 heterocycles. The van der Waals surface area contributed by atoms with Crippen molar-refractivity contribution < 1.29 is 4.79 Å². The Kier molecular flexibility index (Phi) is 5.47. The Labute approximate surface area is 133 Å². The normalized spacial score (nSPS) is 22.6. The van der Waals surface area contributed by atoms with E-state index in [1.54, 1.807) is 12.1 Å². The molecule has 0 aromatic heterocycles. The third-order valence-electron chi connectivity index (χ3n) is 3.59. The number of benzene rings is 1. The molecule has 1 aromatic carbocycles. The average Bonchev–Trinajstić information content (AvgIpc) is 2.43. The molecule has 2 unspecified atom stereocenters. The Morgan fingerprint density at radius 2 is 2.15 bits per heavy atom. The first-order valence-electron chi connectivity index (χ1n) is 6.59. The first kappa shape index (κ1) is 15.8. The minimum Gasteiger partial charge on any atom is -0.399 e. The van der Waals surface area contributed by atoms with E-state index < -0.39 is 0 Å². The van der Waals surface area contributed by atoms with Gasteiger partial charge in [0.2, 0.25) is 0 Å². The first-order chi connectivity index (χ1) is 9.51. The van der Waals surface area contributed by atoms with Gasteiger partial charge in [-0.1, -0.05) is 29.6 Å². The van der Waals surface area contributed by atoms with Crippen molar-refractivity contribution in [3.8, 4) is 0 Å². The van der Waals surface area contributed by atoms with Crippen molar-refractivity contribution in [2.45, 2.75) is 37.0 Å². The maximum absolute atomic E-state index is 12.3. The van der Waals surface area contributed by atoms with E-state index in [0.717, 1.165) is 19.3 Å². The Morgan fingerprint density at radius 3 is 2.85 bits per heavy atom. The molecule has 2 atom stereocenters. The Morgan fingerprint density at radius 1 is 1.40 bits per heavy atom. The molecule has 0 radical (unpaired) electrons. The fourth-order valence-electron chi connectivity index (χ4n) is 2.53. The number of nitrogens with two attached hydrogens (primary N) is 1. The topological polar surface area (TPSA) is 55.1 Å². The van der Waals surface area contributed by atoms with Gasteiger partial charge in [-0.15, -0.1) is 0 Å². The number of thioether (sulfide) groups is 1. The lowest BCUT2D eigenvalue weighted by molar-refractivity contribution is 0.0928. The third-order valence-corrected chi connectivity index (χ3v) is 5.49. The molecule has 1 saturated carbocycles. The van der Waals surface area contributed by atoms with Crippen molar-refractivity contribution in [1.82, 2.24) is 5.32 Å². The highest BCUT2D eigenvalue weighted by Crippen LogP contribution is 2.30. The van der Waals surface area contributed by atoms with Gasteiger partial charge in [0.25, 0.3) is 5.91 Å². The van der Waals surface area contributed by atoms with Crippen LogP contribution in [0.4, 0.5) is 5.69 Å². The molecule has 20 heavy (non-hydrogen) atoms. The van der Waals surface area contributed by atoms with Crippen molar-refractivity contribution in [3.05, 3.63) is 27.7 Å². The zero-order chi connectivity index (χ0) is 14.7. The van der Waals surface area contributed by atoms with Crippen LogP contribution >= 0.6 is 35.0 Å². The van der Waals surface area contributed by atoms with Crippen molar-refractivity contribution >= 4 is 46.6 Å². The molecule has 0 bridgehead atoms. The largest absolute Gasteiger partial charge is 0.399 e. The van der Waals surface area contributed by atoms with Gasteiger partial charge in [-0.2, -0.15) is 11.8 Å². The molecule has 110 valence electrons. The molecule has 0 aliphatic heterocycles. The summed E-state index contributed by atoms with van der Waals surface area (Å²) in [6.45, 7) is 0. The summed E-state index contributed by atoms with van der Waals surface area (Å²) < 4.78 is 0. The number of amides is 1. The van der Waals surface area contributed by atoms with Crippen LogP contribution in [0.2, 0.25) is 10.0 Å². The summed E-state index contributed by atoms with van der Waals surface area (Å²) in [6.07, 6.45) is 6.49. The highest BCUT2D eigenvalue weighted by Gasteiger charge is 2.24. The van der Waals surface area contributed by atoms with E-state index in [2.05, 4.69) is 11.6 Å². The number of hydrogen-bond donors (Lipinski definition) is 2. The predicted molar refractivity (Wildman–Crippen MR) is 87.9 cm³/mol. The van der Waals surface area contributed by atoms with Crippen molar-refractivity contribution in [2.24, 2.45) is 0 Å². The van der Waals surface area contributed by atoms with Crippen LogP contribution in [0, 0.1) is 0 Å². The maximum atomic E-state index is 12.3. The first-order valence-corrected chi connectivity index (χ1v) is 8.63. The van der Waals surface area contributed by atoms with Crippen LogP contribution in [0.1, 0.15) is 36.0 Å². The van der Waals surface area contributed by atoms with Gasteiger partial charge in [0.15, 0.2) is 0 Å². The fraction of sp³-hybridized carbons (Fsp3) is 0.500. The van der Waals surface area contributed by atoms with Crippen LogP contribution in [-0.2, 0) is 0 Å². The number of anilines is 1. The van der Waals surface area contributed by atoms with Crippen LogP contribution in [0.3, 0.4) is 0 Å². The van der Waals surface area contributed by atoms with E-state index in [1.165, 1.54) is 6.42 Å². The quantitative estimate of drug-likeness (QED) is 0.823. The van der Waals surface area contributed by atoms with Gasteiger partial charge in [-0.3, -0.25) is 4.79 Å². The summed E-state index contributed by atoms with van der Waals surface area (Å²) >= 11 is 13.9. The summed E-state index contributed by atoms with van der Waals surface area (Å²) in [4.78, 5) is 12.3. The van der Waals surface area contributed by atoms with E-state index in [0.29, 0.717) is 21.5 Å². The lowest BCUT2D eigenvalue weighted by atomic mass is 9.94. The second-order valence-corrected chi connectivity index (χ2v) is 6.98.